The molecule has 0 fully saturated rings. The number of hydrogen-bond donors (Lipinski definition) is 2. The molecule has 3 aromatic carbocycles. The number of para-hydroxylation sites is 1. The molecule has 6 heteroatoms. The molecule has 6 nitrogen and oxygen atoms in total. The van der Waals surface area contributed by atoms with E-state index in [0.717, 1.165) is 10.8 Å². The number of phenols is 1. The Labute approximate surface area is 157 Å². The number of carbonyl (C=O) groups excluding carboxylic acids is 1. The minimum absolute atomic E-state index is 0.0237. The average Bonchev–Trinajstić information content (AvgIpc) is 2.69. The van der Waals surface area contributed by atoms with Gasteiger partial charge in [0.2, 0.25) is 0 Å². The first-order chi connectivity index (χ1) is 13.2. The molecule has 0 unspecified atom stereocenters. The van der Waals surface area contributed by atoms with Gasteiger partial charge in [-0.05, 0) is 30.5 Å². The average molecular weight is 364 g/mol. The van der Waals surface area contributed by atoms with E-state index < -0.39 is 5.91 Å². The van der Waals surface area contributed by atoms with E-state index in [1.54, 1.807) is 18.2 Å². The van der Waals surface area contributed by atoms with Crippen molar-refractivity contribution in [2.45, 2.75) is 6.92 Å². The lowest BCUT2D eigenvalue weighted by molar-refractivity contribution is -0.123. The molecule has 0 aliphatic carbocycles. The summed E-state index contributed by atoms with van der Waals surface area (Å²) in [6.45, 7) is 2.10. The third-order valence-corrected chi connectivity index (χ3v) is 3.83. The second-order valence-electron chi connectivity index (χ2n) is 5.69. The summed E-state index contributed by atoms with van der Waals surface area (Å²) >= 11 is 0. The molecule has 2 N–H and O–H groups in total. The summed E-state index contributed by atoms with van der Waals surface area (Å²) in [5, 5.41) is 15.9. The number of benzene rings is 3. The summed E-state index contributed by atoms with van der Waals surface area (Å²) in [5.41, 5.74) is 2.82. The Kier molecular flexibility index (Phi) is 5.89. The summed E-state index contributed by atoms with van der Waals surface area (Å²) in [4.78, 5) is 12.0. The van der Waals surface area contributed by atoms with Crippen molar-refractivity contribution >= 4 is 22.9 Å². The standard InChI is InChI=1S/C21H20N2O4/c1-2-26-19-12-6-9-16(21(19)25)13-22-23-20(24)14-27-18-11-5-8-15-7-3-4-10-17(15)18/h3-13,25H,2,14H2,1H3,(H,23,24)/b22-13+. The number of phenolic OH excluding ortho intramolecular Hbond substituents is 1. The van der Waals surface area contributed by atoms with Gasteiger partial charge in [0.05, 0.1) is 12.8 Å². The third kappa shape index (κ3) is 4.55. The number of fused-ring (bicyclic) bond motifs is 1. The van der Waals surface area contributed by atoms with Gasteiger partial charge in [-0.15, -0.1) is 0 Å². The molecule has 0 aliphatic heterocycles. The van der Waals surface area contributed by atoms with Crippen LogP contribution in [0.1, 0.15) is 12.5 Å². The van der Waals surface area contributed by atoms with Crippen LogP contribution in [0.25, 0.3) is 10.8 Å². The maximum absolute atomic E-state index is 12.0. The van der Waals surface area contributed by atoms with E-state index in [1.807, 2.05) is 49.4 Å². The van der Waals surface area contributed by atoms with Crippen LogP contribution < -0.4 is 14.9 Å². The van der Waals surface area contributed by atoms with Gasteiger partial charge in [-0.25, -0.2) is 5.43 Å². The molecule has 138 valence electrons. The monoisotopic (exact) mass is 364 g/mol. The third-order valence-electron chi connectivity index (χ3n) is 3.83. The van der Waals surface area contributed by atoms with Gasteiger partial charge in [-0.3, -0.25) is 4.79 Å². The zero-order chi connectivity index (χ0) is 19.1. The highest BCUT2D eigenvalue weighted by Gasteiger charge is 2.07. The van der Waals surface area contributed by atoms with Crippen molar-refractivity contribution in [3.05, 3.63) is 66.2 Å². The van der Waals surface area contributed by atoms with Gasteiger partial charge in [0.15, 0.2) is 18.1 Å². The minimum atomic E-state index is -0.403. The summed E-state index contributed by atoms with van der Waals surface area (Å²) in [6, 6.07) is 18.5. The fourth-order valence-corrected chi connectivity index (χ4v) is 2.59. The van der Waals surface area contributed by atoms with Crippen molar-refractivity contribution in [3.63, 3.8) is 0 Å². The Balaban J connectivity index is 1.58. The van der Waals surface area contributed by atoms with Gasteiger partial charge in [0.25, 0.3) is 5.91 Å². The molecule has 3 rings (SSSR count). The van der Waals surface area contributed by atoms with Crippen LogP contribution >= 0.6 is 0 Å². The van der Waals surface area contributed by atoms with Crippen molar-refractivity contribution in [2.75, 3.05) is 13.2 Å². The number of nitrogens with zero attached hydrogens (tertiary/aromatic N) is 1. The number of rotatable bonds is 7. The molecule has 0 aromatic heterocycles. The van der Waals surface area contributed by atoms with Crippen LogP contribution in [0.15, 0.2) is 65.8 Å². The van der Waals surface area contributed by atoms with Gasteiger partial charge in [0, 0.05) is 10.9 Å². The van der Waals surface area contributed by atoms with Gasteiger partial charge >= 0.3 is 0 Å². The van der Waals surface area contributed by atoms with Crippen LogP contribution in [0.5, 0.6) is 17.2 Å². The molecule has 0 radical (unpaired) electrons. The van der Waals surface area contributed by atoms with Gasteiger partial charge in [-0.2, -0.15) is 5.10 Å². The van der Waals surface area contributed by atoms with Crippen LogP contribution in [0, 0.1) is 0 Å². The number of hydrazone groups is 1. The molecular formula is C21H20N2O4. The number of hydrogen-bond acceptors (Lipinski definition) is 5. The number of amides is 1. The number of carbonyl (C=O) groups is 1. The molecule has 0 saturated carbocycles. The molecule has 1 amide bonds. The fraction of sp³-hybridized carbons (Fsp3) is 0.143. The highest BCUT2D eigenvalue weighted by Crippen LogP contribution is 2.28. The second kappa shape index (κ2) is 8.71. The van der Waals surface area contributed by atoms with Crippen molar-refractivity contribution in [3.8, 4) is 17.2 Å². The molecule has 3 aromatic rings. The van der Waals surface area contributed by atoms with Crippen LogP contribution in [0.2, 0.25) is 0 Å². The summed E-state index contributed by atoms with van der Waals surface area (Å²) in [6.07, 6.45) is 1.35. The molecule has 27 heavy (non-hydrogen) atoms. The lowest BCUT2D eigenvalue weighted by atomic mass is 10.1. The number of ether oxygens (including phenoxy) is 2. The molecule has 0 bridgehead atoms. The minimum Gasteiger partial charge on any atom is -0.504 e. The Hall–Kier alpha value is -3.54. The molecule has 0 atom stereocenters. The van der Waals surface area contributed by atoms with Crippen molar-refractivity contribution in [2.24, 2.45) is 5.10 Å². The first-order valence-corrected chi connectivity index (χ1v) is 8.56. The van der Waals surface area contributed by atoms with Gasteiger partial charge in [-0.1, -0.05) is 42.5 Å². The van der Waals surface area contributed by atoms with E-state index in [9.17, 15) is 9.90 Å². The summed E-state index contributed by atoms with van der Waals surface area (Å²) < 4.78 is 10.9. The van der Waals surface area contributed by atoms with E-state index in [-0.39, 0.29) is 12.4 Å². The SMILES string of the molecule is CCOc1cccc(/C=N/NC(=O)COc2cccc3ccccc23)c1O. The van der Waals surface area contributed by atoms with E-state index in [0.29, 0.717) is 23.7 Å². The largest absolute Gasteiger partial charge is 0.504 e. The summed E-state index contributed by atoms with van der Waals surface area (Å²) in [7, 11) is 0. The van der Waals surface area contributed by atoms with Crippen molar-refractivity contribution < 1.29 is 19.4 Å². The number of aromatic hydroxyl groups is 1. The Bertz CT molecular complexity index is 964. The topological polar surface area (TPSA) is 80.2 Å². The smallest absolute Gasteiger partial charge is 0.277 e. The summed E-state index contributed by atoms with van der Waals surface area (Å²) in [5.74, 6) is 0.574. The van der Waals surface area contributed by atoms with Crippen LogP contribution in [0.4, 0.5) is 0 Å². The molecule has 0 aliphatic rings. The zero-order valence-electron chi connectivity index (χ0n) is 14.9. The van der Waals surface area contributed by atoms with Crippen LogP contribution in [0.3, 0.4) is 0 Å². The molecule has 0 heterocycles. The second-order valence-corrected chi connectivity index (χ2v) is 5.69. The van der Waals surface area contributed by atoms with Gasteiger partial charge < -0.3 is 14.6 Å². The highest BCUT2D eigenvalue weighted by molar-refractivity contribution is 5.89. The highest BCUT2D eigenvalue weighted by atomic mass is 16.5. The Morgan fingerprint density at radius 3 is 2.63 bits per heavy atom. The van der Waals surface area contributed by atoms with Crippen molar-refractivity contribution in [1.82, 2.24) is 5.43 Å². The Morgan fingerprint density at radius 1 is 1.04 bits per heavy atom. The lowest BCUT2D eigenvalue weighted by Crippen LogP contribution is -2.24. The Morgan fingerprint density at radius 2 is 1.78 bits per heavy atom. The van der Waals surface area contributed by atoms with E-state index in [4.69, 9.17) is 9.47 Å². The molecule has 0 spiro atoms. The normalized spacial score (nSPS) is 10.9. The van der Waals surface area contributed by atoms with Crippen LogP contribution in [-0.4, -0.2) is 30.4 Å². The molecule has 0 saturated heterocycles. The first kappa shape index (κ1) is 18.3. The first-order valence-electron chi connectivity index (χ1n) is 8.56. The van der Waals surface area contributed by atoms with Crippen molar-refractivity contribution in [1.29, 1.82) is 0 Å². The van der Waals surface area contributed by atoms with E-state index >= 15 is 0 Å². The van der Waals surface area contributed by atoms with Crippen LogP contribution in [-0.2, 0) is 4.79 Å². The van der Waals surface area contributed by atoms with E-state index in [1.165, 1.54) is 6.21 Å². The number of nitrogens with one attached hydrogen (secondary N) is 1. The lowest BCUT2D eigenvalue weighted by Gasteiger charge is -2.08. The maximum Gasteiger partial charge on any atom is 0.277 e. The molecular weight excluding hydrogens is 344 g/mol. The maximum atomic E-state index is 12.0. The fourth-order valence-electron chi connectivity index (χ4n) is 2.59. The predicted molar refractivity (Wildman–Crippen MR) is 104 cm³/mol. The quantitative estimate of drug-likeness (QED) is 0.497. The zero-order valence-corrected chi connectivity index (χ0v) is 14.9. The predicted octanol–water partition coefficient (Wildman–Crippen LogP) is 3.47. The van der Waals surface area contributed by atoms with Gasteiger partial charge in [0.1, 0.15) is 5.75 Å². The van der Waals surface area contributed by atoms with E-state index in [2.05, 4.69) is 10.5 Å².